The van der Waals surface area contributed by atoms with Gasteiger partial charge in [0.15, 0.2) is 0 Å². The van der Waals surface area contributed by atoms with E-state index in [9.17, 15) is 4.79 Å². The molecule has 0 spiro atoms. The van der Waals surface area contributed by atoms with E-state index in [1.165, 1.54) is 12.8 Å². The number of nitrogens with one attached hydrogen (secondary N) is 1. The summed E-state index contributed by atoms with van der Waals surface area (Å²) < 4.78 is 5.17. The lowest BCUT2D eigenvalue weighted by Crippen LogP contribution is -2.54. The maximum absolute atomic E-state index is 12.7. The number of likely N-dealkylation sites (tertiary alicyclic amines) is 1. The Morgan fingerprint density at radius 3 is 2.78 bits per heavy atom. The average molecular weight is 254 g/mol. The maximum atomic E-state index is 12.7. The third-order valence-corrected chi connectivity index (χ3v) is 4.67. The van der Waals surface area contributed by atoms with Crippen LogP contribution in [0.3, 0.4) is 0 Å². The van der Waals surface area contributed by atoms with Gasteiger partial charge in [-0.1, -0.05) is 6.42 Å². The SMILES string of the molecule is CNC1CCCN(C(=O)C2(CCOC)CCC2)C1. The molecular formula is C14H26N2O2. The summed E-state index contributed by atoms with van der Waals surface area (Å²) in [5.41, 5.74) is -0.0916. The number of carbonyl (C=O) groups excluding carboxylic acids is 1. The van der Waals surface area contributed by atoms with E-state index >= 15 is 0 Å². The van der Waals surface area contributed by atoms with E-state index < -0.39 is 0 Å². The van der Waals surface area contributed by atoms with Gasteiger partial charge in [0.25, 0.3) is 0 Å². The topological polar surface area (TPSA) is 41.6 Å². The summed E-state index contributed by atoms with van der Waals surface area (Å²) in [5.74, 6) is 0.380. The van der Waals surface area contributed by atoms with Crippen molar-refractivity contribution in [3.8, 4) is 0 Å². The highest BCUT2D eigenvalue weighted by molar-refractivity contribution is 5.83. The van der Waals surface area contributed by atoms with Crippen LogP contribution in [0.15, 0.2) is 0 Å². The van der Waals surface area contributed by atoms with Gasteiger partial charge in [-0.15, -0.1) is 0 Å². The first-order valence-corrected chi connectivity index (χ1v) is 7.17. The van der Waals surface area contributed by atoms with Crippen molar-refractivity contribution in [3.05, 3.63) is 0 Å². The van der Waals surface area contributed by atoms with Crippen LogP contribution in [0.2, 0.25) is 0 Å². The van der Waals surface area contributed by atoms with Crippen molar-refractivity contribution in [2.24, 2.45) is 5.41 Å². The Hall–Kier alpha value is -0.610. The van der Waals surface area contributed by atoms with E-state index in [-0.39, 0.29) is 5.41 Å². The van der Waals surface area contributed by atoms with Crippen LogP contribution in [-0.2, 0) is 9.53 Å². The minimum absolute atomic E-state index is 0.0916. The van der Waals surface area contributed by atoms with Gasteiger partial charge < -0.3 is 15.0 Å². The molecule has 1 aliphatic carbocycles. The van der Waals surface area contributed by atoms with Crippen LogP contribution in [0.25, 0.3) is 0 Å². The Bertz CT molecular complexity index is 290. The molecule has 1 aliphatic heterocycles. The predicted octanol–water partition coefficient (Wildman–Crippen LogP) is 1.40. The zero-order valence-corrected chi connectivity index (χ0v) is 11.7. The molecule has 2 aliphatic rings. The van der Waals surface area contributed by atoms with Gasteiger partial charge in [-0.05, 0) is 39.2 Å². The minimum Gasteiger partial charge on any atom is -0.385 e. The van der Waals surface area contributed by atoms with Gasteiger partial charge in [0, 0.05) is 32.8 Å². The van der Waals surface area contributed by atoms with Crippen molar-refractivity contribution >= 4 is 5.91 Å². The number of likely N-dealkylation sites (N-methyl/N-ethyl adjacent to an activating group) is 1. The number of nitrogens with zero attached hydrogens (tertiary/aromatic N) is 1. The number of hydrogen-bond acceptors (Lipinski definition) is 3. The van der Waals surface area contributed by atoms with E-state index in [1.807, 2.05) is 7.05 Å². The quantitative estimate of drug-likeness (QED) is 0.806. The van der Waals surface area contributed by atoms with Gasteiger partial charge in [0.05, 0.1) is 5.41 Å². The maximum Gasteiger partial charge on any atom is 0.228 e. The number of methoxy groups -OCH3 is 1. The highest BCUT2D eigenvalue weighted by atomic mass is 16.5. The number of rotatable bonds is 5. The molecule has 1 saturated carbocycles. The monoisotopic (exact) mass is 254 g/mol. The molecule has 4 nitrogen and oxygen atoms in total. The van der Waals surface area contributed by atoms with Gasteiger partial charge in [-0.25, -0.2) is 0 Å². The Kier molecular flexibility index (Phi) is 4.62. The molecule has 1 heterocycles. The molecule has 1 unspecified atom stereocenters. The third-order valence-electron chi connectivity index (χ3n) is 4.67. The summed E-state index contributed by atoms with van der Waals surface area (Å²) in [6.45, 7) is 2.52. The molecule has 2 fully saturated rings. The van der Waals surface area contributed by atoms with Gasteiger partial charge in [0.1, 0.15) is 0 Å². The van der Waals surface area contributed by atoms with E-state index in [0.29, 0.717) is 18.6 Å². The number of ether oxygens (including phenoxy) is 1. The molecule has 1 atom stereocenters. The van der Waals surface area contributed by atoms with E-state index in [2.05, 4.69) is 10.2 Å². The lowest BCUT2D eigenvalue weighted by Gasteiger charge is -2.45. The second-order valence-corrected chi connectivity index (χ2v) is 5.76. The molecule has 104 valence electrons. The van der Waals surface area contributed by atoms with Crippen LogP contribution < -0.4 is 5.32 Å². The highest BCUT2D eigenvalue weighted by Crippen LogP contribution is 2.45. The van der Waals surface area contributed by atoms with Gasteiger partial charge in [-0.3, -0.25) is 4.79 Å². The predicted molar refractivity (Wildman–Crippen MR) is 71.4 cm³/mol. The lowest BCUT2D eigenvalue weighted by atomic mass is 9.65. The van der Waals surface area contributed by atoms with Crippen molar-refractivity contribution in [1.29, 1.82) is 0 Å². The largest absolute Gasteiger partial charge is 0.385 e. The average Bonchev–Trinajstić information content (AvgIpc) is 2.37. The Labute approximate surface area is 110 Å². The summed E-state index contributed by atoms with van der Waals surface area (Å²) in [6.07, 6.45) is 6.50. The fourth-order valence-corrected chi connectivity index (χ4v) is 3.20. The third kappa shape index (κ3) is 2.69. The summed E-state index contributed by atoms with van der Waals surface area (Å²) in [6, 6.07) is 0.474. The zero-order chi connectivity index (χ0) is 13.0. The lowest BCUT2D eigenvalue weighted by molar-refractivity contribution is -0.150. The van der Waals surface area contributed by atoms with Crippen LogP contribution in [0.1, 0.15) is 38.5 Å². The second-order valence-electron chi connectivity index (χ2n) is 5.76. The zero-order valence-electron chi connectivity index (χ0n) is 11.7. The number of piperidine rings is 1. The molecule has 0 aromatic carbocycles. The Morgan fingerprint density at radius 1 is 1.44 bits per heavy atom. The van der Waals surface area contributed by atoms with Crippen LogP contribution in [0.5, 0.6) is 0 Å². The van der Waals surface area contributed by atoms with Crippen molar-refractivity contribution < 1.29 is 9.53 Å². The molecule has 18 heavy (non-hydrogen) atoms. The van der Waals surface area contributed by atoms with Crippen LogP contribution in [0.4, 0.5) is 0 Å². The standard InChI is InChI=1S/C14H26N2O2/c1-15-12-5-3-9-16(11-12)13(17)14(6-4-7-14)8-10-18-2/h12,15H,3-11H2,1-2H3. The number of hydrogen-bond donors (Lipinski definition) is 1. The fraction of sp³-hybridized carbons (Fsp3) is 0.929. The molecular weight excluding hydrogens is 228 g/mol. The van der Waals surface area contributed by atoms with Crippen LogP contribution in [-0.4, -0.2) is 50.7 Å². The van der Waals surface area contributed by atoms with Gasteiger partial charge in [-0.2, -0.15) is 0 Å². The van der Waals surface area contributed by atoms with Crippen molar-refractivity contribution in [2.45, 2.75) is 44.6 Å². The van der Waals surface area contributed by atoms with Crippen molar-refractivity contribution in [1.82, 2.24) is 10.2 Å². The van der Waals surface area contributed by atoms with Crippen LogP contribution in [0, 0.1) is 5.41 Å². The molecule has 2 rings (SSSR count). The van der Waals surface area contributed by atoms with Crippen LogP contribution >= 0.6 is 0 Å². The summed E-state index contributed by atoms with van der Waals surface area (Å²) in [7, 11) is 3.71. The molecule has 0 aromatic heterocycles. The highest BCUT2D eigenvalue weighted by Gasteiger charge is 2.46. The minimum atomic E-state index is -0.0916. The van der Waals surface area contributed by atoms with Crippen molar-refractivity contribution in [3.63, 3.8) is 0 Å². The Balaban J connectivity index is 1.96. The Morgan fingerprint density at radius 2 is 2.22 bits per heavy atom. The van der Waals surface area contributed by atoms with E-state index in [1.54, 1.807) is 7.11 Å². The van der Waals surface area contributed by atoms with Gasteiger partial charge in [0.2, 0.25) is 5.91 Å². The smallest absolute Gasteiger partial charge is 0.228 e. The first-order chi connectivity index (χ1) is 8.72. The number of amides is 1. The first kappa shape index (κ1) is 13.8. The molecule has 4 heteroatoms. The van der Waals surface area contributed by atoms with Crippen molar-refractivity contribution in [2.75, 3.05) is 33.9 Å². The summed E-state index contributed by atoms with van der Waals surface area (Å²) in [5, 5.41) is 3.30. The molecule has 1 amide bonds. The molecule has 0 aromatic rings. The molecule has 0 radical (unpaired) electrons. The second kappa shape index (κ2) is 6.02. The number of carbonyl (C=O) groups is 1. The summed E-state index contributed by atoms with van der Waals surface area (Å²) >= 11 is 0. The molecule has 1 saturated heterocycles. The fourth-order valence-electron chi connectivity index (χ4n) is 3.20. The summed E-state index contributed by atoms with van der Waals surface area (Å²) in [4.78, 5) is 14.8. The normalized spacial score (nSPS) is 26.8. The molecule has 0 bridgehead atoms. The van der Waals surface area contributed by atoms with E-state index in [4.69, 9.17) is 4.74 Å². The first-order valence-electron chi connectivity index (χ1n) is 7.17. The molecule has 1 N–H and O–H groups in total. The van der Waals surface area contributed by atoms with Gasteiger partial charge >= 0.3 is 0 Å². The van der Waals surface area contributed by atoms with E-state index in [0.717, 1.165) is 38.8 Å².